The number of hydrogen-bond donors (Lipinski definition) is 1. The minimum atomic E-state index is -1.33. The van der Waals surface area contributed by atoms with Crippen molar-refractivity contribution in [3.05, 3.63) is 0 Å². The normalized spacial score (nSPS) is 29.3. The van der Waals surface area contributed by atoms with Crippen LogP contribution in [0.5, 0.6) is 0 Å². The Bertz CT molecular complexity index is 423. The van der Waals surface area contributed by atoms with Crippen molar-refractivity contribution in [1.82, 2.24) is 0 Å². The maximum absolute atomic E-state index is 12.1. The number of halogens is 1. The van der Waals surface area contributed by atoms with Crippen molar-refractivity contribution in [1.29, 1.82) is 0 Å². The van der Waals surface area contributed by atoms with Gasteiger partial charge in [-0.05, 0) is 41.5 Å². The molecule has 0 spiro atoms. The second-order valence-corrected chi connectivity index (χ2v) is 8.11. The largest absolute Gasteiger partial charge is 0.455 e. The second kappa shape index (κ2) is 6.84. The van der Waals surface area contributed by atoms with Gasteiger partial charge < -0.3 is 19.3 Å². The van der Waals surface area contributed by atoms with Crippen LogP contribution in [0.2, 0.25) is 0 Å². The molecular weight excluding hydrogens is 356 g/mol. The maximum atomic E-state index is 12.1. The van der Waals surface area contributed by atoms with E-state index in [0.29, 0.717) is 5.33 Å². The Balaban J connectivity index is 2.92. The zero-order valence-electron chi connectivity index (χ0n) is 13.9. The van der Waals surface area contributed by atoms with Crippen molar-refractivity contribution in [2.75, 3.05) is 5.33 Å². The van der Waals surface area contributed by atoms with Gasteiger partial charge in [0.2, 0.25) is 0 Å². The molecule has 0 aliphatic carbocycles. The highest BCUT2D eigenvalue weighted by molar-refractivity contribution is 9.09. The number of esters is 2. The lowest BCUT2D eigenvalue weighted by Gasteiger charge is -2.28. The molecule has 0 amide bonds. The second-order valence-electron chi connectivity index (χ2n) is 7.46. The minimum absolute atomic E-state index is 0.343. The first-order valence-corrected chi connectivity index (χ1v) is 8.31. The molecule has 1 saturated heterocycles. The van der Waals surface area contributed by atoms with E-state index in [4.69, 9.17) is 14.2 Å². The standard InChI is InChI=1S/C15H25BrO6/c1-14(2,3)12(18)21-9-8(7-16)20-11(17)10(9)22-13(19)15(4,5)6/h8-11,17H,7H2,1-6H3/t8-,9-,10-,11?/m1/s1. The molecule has 1 aliphatic heterocycles. The van der Waals surface area contributed by atoms with Crippen molar-refractivity contribution in [2.45, 2.75) is 66.1 Å². The predicted octanol–water partition coefficient (Wildman–Crippen LogP) is 2.01. The maximum Gasteiger partial charge on any atom is 0.311 e. The summed E-state index contributed by atoms with van der Waals surface area (Å²) in [5, 5.41) is 10.3. The van der Waals surface area contributed by atoms with E-state index in [-0.39, 0.29) is 0 Å². The Labute approximate surface area is 139 Å². The van der Waals surface area contributed by atoms with E-state index in [1.165, 1.54) is 0 Å². The third-order valence-electron chi connectivity index (χ3n) is 3.15. The van der Waals surface area contributed by atoms with Gasteiger partial charge in [0.1, 0.15) is 6.10 Å². The van der Waals surface area contributed by atoms with Gasteiger partial charge in [-0.1, -0.05) is 15.9 Å². The molecule has 1 fully saturated rings. The van der Waals surface area contributed by atoms with Crippen molar-refractivity contribution in [2.24, 2.45) is 10.8 Å². The fourth-order valence-electron chi connectivity index (χ4n) is 1.70. The SMILES string of the molecule is CC(C)(C)C(=O)O[C@@H]1[C@@H](CBr)OC(O)[C@@H]1OC(=O)C(C)(C)C. The number of carbonyl (C=O) groups is 2. The summed E-state index contributed by atoms with van der Waals surface area (Å²) in [6.45, 7) is 10.3. The van der Waals surface area contributed by atoms with Crippen LogP contribution in [-0.4, -0.2) is 47.0 Å². The Morgan fingerprint density at radius 3 is 1.77 bits per heavy atom. The molecule has 1 aliphatic rings. The average Bonchev–Trinajstić information content (AvgIpc) is 2.64. The molecule has 0 saturated carbocycles. The summed E-state index contributed by atoms with van der Waals surface area (Å²) in [5.74, 6) is -0.940. The topological polar surface area (TPSA) is 82.1 Å². The van der Waals surface area contributed by atoms with Gasteiger partial charge in [-0.15, -0.1) is 0 Å². The van der Waals surface area contributed by atoms with Crippen molar-refractivity contribution in [3.8, 4) is 0 Å². The molecule has 0 aromatic heterocycles. The molecule has 1 heterocycles. The molecule has 128 valence electrons. The Kier molecular flexibility index (Phi) is 6.03. The summed E-state index contributed by atoms with van der Waals surface area (Å²) in [4.78, 5) is 24.2. The number of rotatable bonds is 3. The average molecular weight is 381 g/mol. The van der Waals surface area contributed by atoms with E-state index in [1.807, 2.05) is 0 Å². The molecular formula is C15H25BrO6. The molecule has 1 N–H and O–H groups in total. The van der Waals surface area contributed by atoms with E-state index < -0.39 is 47.4 Å². The van der Waals surface area contributed by atoms with Crippen molar-refractivity contribution >= 4 is 27.9 Å². The smallest absolute Gasteiger partial charge is 0.311 e. The fraction of sp³-hybridized carbons (Fsp3) is 0.867. The highest BCUT2D eigenvalue weighted by Crippen LogP contribution is 2.30. The van der Waals surface area contributed by atoms with Crippen LogP contribution in [0.25, 0.3) is 0 Å². The van der Waals surface area contributed by atoms with Crippen LogP contribution in [0.1, 0.15) is 41.5 Å². The third-order valence-corrected chi connectivity index (χ3v) is 3.79. The molecule has 1 unspecified atom stereocenters. The molecule has 22 heavy (non-hydrogen) atoms. The number of carbonyl (C=O) groups excluding carboxylic acids is 2. The lowest BCUT2D eigenvalue weighted by Crippen LogP contribution is -2.44. The van der Waals surface area contributed by atoms with Crippen LogP contribution in [0.4, 0.5) is 0 Å². The molecule has 0 aromatic carbocycles. The number of aliphatic hydroxyl groups excluding tert-OH is 1. The van der Waals surface area contributed by atoms with Gasteiger partial charge in [-0.2, -0.15) is 0 Å². The summed E-state index contributed by atoms with van der Waals surface area (Å²) < 4.78 is 16.1. The molecule has 4 atom stereocenters. The first-order chi connectivity index (χ1) is 9.87. The van der Waals surface area contributed by atoms with E-state index in [1.54, 1.807) is 41.5 Å². The van der Waals surface area contributed by atoms with Crippen LogP contribution in [0.3, 0.4) is 0 Å². The molecule has 0 aromatic rings. The van der Waals surface area contributed by atoms with Gasteiger partial charge in [-0.3, -0.25) is 9.59 Å². The van der Waals surface area contributed by atoms with Gasteiger partial charge in [-0.25, -0.2) is 0 Å². The summed E-state index contributed by atoms with van der Waals surface area (Å²) in [6, 6.07) is 0. The van der Waals surface area contributed by atoms with E-state index >= 15 is 0 Å². The van der Waals surface area contributed by atoms with Gasteiger partial charge in [0.15, 0.2) is 18.5 Å². The summed E-state index contributed by atoms with van der Waals surface area (Å²) in [7, 11) is 0. The van der Waals surface area contributed by atoms with Gasteiger partial charge in [0.25, 0.3) is 0 Å². The first kappa shape index (κ1) is 19.4. The lowest BCUT2D eigenvalue weighted by atomic mass is 9.96. The van der Waals surface area contributed by atoms with Crippen LogP contribution in [0, 0.1) is 10.8 Å². The van der Waals surface area contributed by atoms with E-state index in [9.17, 15) is 14.7 Å². The Hall–Kier alpha value is -0.660. The van der Waals surface area contributed by atoms with Gasteiger partial charge in [0.05, 0.1) is 10.8 Å². The quantitative estimate of drug-likeness (QED) is 0.595. The molecule has 6 nitrogen and oxygen atoms in total. The summed E-state index contributed by atoms with van der Waals surface area (Å²) >= 11 is 3.25. The fourth-order valence-corrected chi connectivity index (χ4v) is 2.22. The van der Waals surface area contributed by atoms with Gasteiger partial charge in [0, 0.05) is 5.33 Å². The summed E-state index contributed by atoms with van der Waals surface area (Å²) in [5.41, 5.74) is -1.44. The molecule has 7 heteroatoms. The molecule has 0 bridgehead atoms. The van der Waals surface area contributed by atoms with E-state index in [2.05, 4.69) is 15.9 Å². The third kappa shape index (κ3) is 4.67. The number of ether oxygens (including phenoxy) is 3. The zero-order valence-corrected chi connectivity index (χ0v) is 15.5. The molecule has 0 radical (unpaired) electrons. The zero-order chi connectivity index (χ0) is 17.3. The Morgan fingerprint density at radius 2 is 1.41 bits per heavy atom. The Morgan fingerprint density at radius 1 is 1.00 bits per heavy atom. The molecule has 1 rings (SSSR count). The monoisotopic (exact) mass is 380 g/mol. The van der Waals surface area contributed by atoms with Crippen molar-refractivity contribution < 1.29 is 28.9 Å². The van der Waals surface area contributed by atoms with Gasteiger partial charge >= 0.3 is 11.9 Å². The number of aliphatic hydroxyl groups is 1. The van der Waals surface area contributed by atoms with Crippen LogP contribution in [0.15, 0.2) is 0 Å². The lowest BCUT2D eigenvalue weighted by molar-refractivity contribution is -0.185. The van der Waals surface area contributed by atoms with Crippen LogP contribution in [-0.2, 0) is 23.8 Å². The van der Waals surface area contributed by atoms with Crippen molar-refractivity contribution in [3.63, 3.8) is 0 Å². The number of hydrogen-bond acceptors (Lipinski definition) is 6. The number of alkyl halides is 1. The van der Waals surface area contributed by atoms with Crippen LogP contribution < -0.4 is 0 Å². The minimum Gasteiger partial charge on any atom is -0.455 e. The first-order valence-electron chi connectivity index (χ1n) is 7.19. The highest BCUT2D eigenvalue weighted by atomic mass is 79.9. The van der Waals surface area contributed by atoms with Crippen LogP contribution >= 0.6 is 15.9 Å². The highest BCUT2D eigenvalue weighted by Gasteiger charge is 2.50. The summed E-state index contributed by atoms with van der Waals surface area (Å²) in [6.07, 6.45) is -3.81. The van der Waals surface area contributed by atoms with E-state index in [0.717, 1.165) is 0 Å². The predicted molar refractivity (Wildman–Crippen MR) is 83.3 cm³/mol.